The minimum atomic E-state index is -0.253. The Morgan fingerprint density at radius 3 is 2.26 bits per heavy atom. The van der Waals surface area contributed by atoms with E-state index in [2.05, 4.69) is 17.3 Å². The first-order valence-corrected chi connectivity index (χ1v) is 10.6. The van der Waals surface area contributed by atoms with Crippen molar-refractivity contribution in [1.82, 2.24) is 5.01 Å². The number of ether oxygens (including phenoxy) is 2. The van der Waals surface area contributed by atoms with Gasteiger partial charge in [-0.05, 0) is 54.0 Å². The summed E-state index contributed by atoms with van der Waals surface area (Å²) in [5.41, 5.74) is 1.78. The molecule has 2 fully saturated rings. The molecule has 6 nitrogen and oxygen atoms in total. The zero-order valence-corrected chi connectivity index (χ0v) is 17.3. The van der Waals surface area contributed by atoms with E-state index in [-0.39, 0.29) is 35.5 Å². The fourth-order valence-electron chi connectivity index (χ4n) is 4.92. The van der Waals surface area contributed by atoms with Crippen molar-refractivity contribution in [3.05, 3.63) is 71.8 Å². The molecule has 0 aromatic heterocycles. The summed E-state index contributed by atoms with van der Waals surface area (Å²) in [7, 11) is 1.58. The maximum absolute atomic E-state index is 12.9. The van der Waals surface area contributed by atoms with Crippen LogP contribution in [0.4, 0.5) is 0 Å². The Labute approximate surface area is 181 Å². The molecule has 0 N–H and O–H groups in total. The zero-order valence-electron chi connectivity index (χ0n) is 17.3. The molecular weight excluding hydrogens is 392 g/mol. The van der Waals surface area contributed by atoms with Crippen molar-refractivity contribution >= 4 is 18.0 Å². The summed E-state index contributed by atoms with van der Waals surface area (Å²) in [5.74, 6) is 0.634. The van der Waals surface area contributed by atoms with Crippen LogP contribution in [0.25, 0.3) is 0 Å². The predicted molar refractivity (Wildman–Crippen MR) is 116 cm³/mol. The van der Waals surface area contributed by atoms with E-state index in [0.717, 1.165) is 29.0 Å². The topological polar surface area (TPSA) is 68.2 Å². The van der Waals surface area contributed by atoms with Gasteiger partial charge in [0, 0.05) is 0 Å². The van der Waals surface area contributed by atoms with Gasteiger partial charge in [0.1, 0.15) is 6.61 Å². The van der Waals surface area contributed by atoms with Crippen LogP contribution in [-0.2, 0) is 16.2 Å². The summed E-state index contributed by atoms with van der Waals surface area (Å²) in [6.07, 6.45) is 7.69. The Hall–Kier alpha value is -3.41. The van der Waals surface area contributed by atoms with E-state index in [0.29, 0.717) is 18.1 Å². The summed E-state index contributed by atoms with van der Waals surface area (Å²) >= 11 is 0. The minimum Gasteiger partial charge on any atom is -0.493 e. The molecule has 1 heterocycles. The van der Waals surface area contributed by atoms with Gasteiger partial charge in [-0.15, -0.1) is 0 Å². The van der Waals surface area contributed by atoms with Crippen LogP contribution >= 0.6 is 0 Å². The quantitative estimate of drug-likeness (QED) is 0.408. The number of imide groups is 1. The van der Waals surface area contributed by atoms with Gasteiger partial charge in [0.05, 0.1) is 25.2 Å². The maximum atomic E-state index is 12.9. The average Bonchev–Trinajstić information content (AvgIpc) is 3.09. The fraction of sp³-hybridized carbons (Fsp3) is 0.320. The van der Waals surface area contributed by atoms with Crippen LogP contribution in [0.1, 0.15) is 24.0 Å². The molecule has 4 atom stereocenters. The Morgan fingerprint density at radius 1 is 0.968 bits per heavy atom. The fourth-order valence-corrected chi connectivity index (χ4v) is 4.92. The van der Waals surface area contributed by atoms with Gasteiger partial charge < -0.3 is 9.47 Å². The van der Waals surface area contributed by atoms with Crippen molar-refractivity contribution in [2.75, 3.05) is 7.11 Å². The molecule has 2 aromatic rings. The number of hydrogen-bond acceptors (Lipinski definition) is 5. The normalized spacial score (nSPS) is 26.5. The highest BCUT2D eigenvalue weighted by molar-refractivity contribution is 6.06. The molecular formula is C25H24N2O4. The molecule has 31 heavy (non-hydrogen) atoms. The van der Waals surface area contributed by atoms with E-state index < -0.39 is 0 Å². The zero-order chi connectivity index (χ0) is 21.4. The second-order valence-electron chi connectivity index (χ2n) is 8.26. The monoisotopic (exact) mass is 416 g/mol. The standard InChI is InChI=1S/C25H24N2O4/c1-30-21-13-17(7-12-20(21)31-15-16-5-3-2-4-6-16)14-26-27-24(28)22-18-8-9-19(11-10-18)23(22)25(27)29/h2-9,12-14,18-19,22-23H,10-11,15H2,1H3. The number of hydrazone groups is 1. The Kier molecular flexibility index (Phi) is 5.06. The van der Waals surface area contributed by atoms with Gasteiger partial charge in [0.25, 0.3) is 11.8 Å². The van der Waals surface area contributed by atoms with Crippen molar-refractivity contribution in [3.8, 4) is 11.5 Å². The highest BCUT2D eigenvalue weighted by Crippen LogP contribution is 2.49. The number of hydrogen-bond donors (Lipinski definition) is 0. The molecule has 2 amide bonds. The van der Waals surface area contributed by atoms with Crippen LogP contribution in [0.3, 0.4) is 0 Å². The SMILES string of the molecule is COc1cc(C=NN2C(=O)C3C4C=CC(CC4)C3C2=O)ccc1OCc1ccccc1. The lowest BCUT2D eigenvalue weighted by Crippen LogP contribution is -2.38. The molecule has 3 aliphatic carbocycles. The lowest BCUT2D eigenvalue weighted by Gasteiger charge is -2.37. The number of allylic oxidation sites excluding steroid dienone is 2. The Bertz CT molecular complexity index is 1030. The van der Waals surface area contributed by atoms with Gasteiger partial charge >= 0.3 is 0 Å². The first kappa shape index (κ1) is 19.5. The summed E-state index contributed by atoms with van der Waals surface area (Å²) in [6.45, 7) is 0.431. The molecule has 1 aliphatic heterocycles. The molecule has 0 spiro atoms. The summed E-state index contributed by atoms with van der Waals surface area (Å²) in [6, 6.07) is 15.3. The van der Waals surface area contributed by atoms with Crippen LogP contribution in [0.5, 0.6) is 11.5 Å². The molecule has 4 unspecified atom stereocenters. The van der Waals surface area contributed by atoms with Crippen molar-refractivity contribution in [2.24, 2.45) is 28.8 Å². The molecule has 6 rings (SSSR count). The Balaban J connectivity index is 1.31. The van der Waals surface area contributed by atoms with E-state index in [1.54, 1.807) is 19.2 Å². The number of benzene rings is 2. The van der Waals surface area contributed by atoms with Crippen LogP contribution in [0.2, 0.25) is 0 Å². The third-order valence-corrected chi connectivity index (χ3v) is 6.48. The van der Waals surface area contributed by atoms with E-state index >= 15 is 0 Å². The van der Waals surface area contributed by atoms with Gasteiger partial charge in [-0.2, -0.15) is 10.1 Å². The number of rotatable bonds is 6. The lowest BCUT2D eigenvalue weighted by atomic mass is 9.63. The number of amides is 2. The number of fused-ring (bicyclic) bond motifs is 1. The Morgan fingerprint density at radius 2 is 1.65 bits per heavy atom. The number of nitrogens with zero attached hydrogens (tertiary/aromatic N) is 2. The van der Waals surface area contributed by atoms with Crippen LogP contribution < -0.4 is 9.47 Å². The van der Waals surface area contributed by atoms with Crippen molar-refractivity contribution in [2.45, 2.75) is 19.4 Å². The third kappa shape index (κ3) is 3.52. The minimum absolute atomic E-state index is 0.160. The second-order valence-corrected chi connectivity index (χ2v) is 8.26. The summed E-state index contributed by atoms with van der Waals surface area (Å²) < 4.78 is 11.3. The molecule has 2 aromatic carbocycles. The maximum Gasteiger partial charge on any atom is 0.254 e. The number of carbonyl (C=O) groups excluding carboxylic acids is 2. The molecule has 0 radical (unpaired) electrons. The summed E-state index contributed by atoms with van der Waals surface area (Å²) in [4.78, 5) is 25.7. The molecule has 1 saturated carbocycles. The van der Waals surface area contributed by atoms with Gasteiger partial charge in [-0.25, -0.2) is 0 Å². The second kappa shape index (κ2) is 8.02. The molecule has 2 bridgehead atoms. The highest BCUT2D eigenvalue weighted by Gasteiger charge is 2.56. The van der Waals surface area contributed by atoms with Crippen LogP contribution in [0.15, 0.2) is 65.8 Å². The van der Waals surface area contributed by atoms with Gasteiger partial charge in [0.15, 0.2) is 11.5 Å². The average molecular weight is 416 g/mol. The highest BCUT2D eigenvalue weighted by atomic mass is 16.5. The number of carbonyl (C=O) groups is 2. The van der Waals surface area contributed by atoms with Crippen molar-refractivity contribution in [1.29, 1.82) is 0 Å². The molecule has 158 valence electrons. The first-order valence-electron chi connectivity index (χ1n) is 10.6. The predicted octanol–water partition coefficient (Wildman–Crippen LogP) is 3.81. The largest absolute Gasteiger partial charge is 0.493 e. The van der Waals surface area contributed by atoms with E-state index in [9.17, 15) is 9.59 Å². The smallest absolute Gasteiger partial charge is 0.254 e. The van der Waals surface area contributed by atoms with Gasteiger partial charge in [-0.1, -0.05) is 42.5 Å². The lowest BCUT2D eigenvalue weighted by molar-refractivity contribution is -0.140. The molecule has 6 heteroatoms. The van der Waals surface area contributed by atoms with Gasteiger partial charge in [-0.3, -0.25) is 9.59 Å². The summed E-state index contributed by atoms with van der Waals surface area (Å²) in [5, 5.41) is 5.33. The molecule has 4 aliphatic rings. The first-order chi connectivity index (χ1) is 15.2. The van der Waals surface area contributed by atoms with Gasteiger partial charge in [0.2, 0.25) is 0 Å². The van der Waals surface area contributed by atoms with Crippen molar-refractivity contribution < 1.29 is 19.1 Å². The van der Waals surface area contributed by atoms with Crippen LogP contribution in [0, 0.1) is 23.7 Å². The third-order valence-electron chi connectivity index (χ3n) is 6.48. The van der Waals surface area contributed by atoms with E-state index in [4.69, 9.17) is 9.47 Å². The van der Waals surface area contributed by atoms with E-state index in [1.165, 1.54) is 6.21 Å². The number of methoxy groups -OCH3 is 1. The molecule has 1 saturated heterocycles. The van der Waals surface area contributed by atoms with E-state index in [1.807, 2.05) is 36.4 Å². The van der Waals surface area contributed by atoms with Crippen LogP contribution in [-0.4, -0.2) is 30.1 Å². The van der Waals surface area contributed by atoms with Crippen molar-refractivity contribution in [3.63, 3.8) is 0 Å².